The van der Waals surface area contributed by atoms with Crippen LogP contribution in [-0.2, 0) is 46.2 Å². The van der Waals surface area contributed by atoms with E-state index in [0.29, 0.717) is 23.7 Å². The van der Waals surface area contributed by atoms with Gasteiger partial charge in [0.1, 0.15) is 5.69 Å². The van der Waals surface area contributed by atoms with Crippen LogP contribution >= 0.6 is 0 Å². The zero-order valence-electron chi connectivity index (χ0n) is 18.5. The summed E-state index contributed by atoms with van der Waals surface area (Å²) in [6, 6.07) is 7.77. The van der Waals surface area contributed by atoms with Gasteiger partial charge in [-0.05, 0) is 37.3 Å². The molecule has 0 N–H and O–H groups in total. The molecular weight excluding hydrogens is 425 g/mol. The maximum Gasteiger partial charge on any atom is 0.278 e. The van der Waals surface area contributed by atoms with Crippen molar-refractivity contribution in [1.29, 1.82) is 0 Å². The molecule has 0 bridgehead atoms. The molecule has 0 aliphatic rings. The Bertz CT molecular complexity index is 835. The molecule has 5 heteroatoms. The predicted octanol–water partition coefficient (Wildman–Crippen LogP) is 4.83. The van der Waals surface area contributed by atoms with Gasteiger partial charge in [-0.3, -0.25) is 4.79 Å². The van der Waals surface area contributed by atoms with Gasteiger partial charge < -0.3 is 12.2 Å². The summed E-state index contributed by atoms with van der Waals surface area (Å²) in [6.45, 7) is 12.0. The second-order valence-corrected chi connectivity index (χ2v) is 6.42. The van der Waals surface area contributed by atoms with Gasteiger partial charge in [-0.2, -0.15) is 5.10 Å². The third kappa shape index (κ3) is 7.19. The smallest absolute Gasteiger partial charge is 0.278 e. The number of hydrogen-bond donors (Lipinski definition) is 0. The van der Waals surface area contributed by atoms with Crippen LogP contribution in [0.2, 0.25) is 0 Å². The molecule has 0 fully saturated rings. The van der Waals surface area contributed by atoms with Crippen molar-refractivity contribution in [2.75, 3.05) is 0 Å². The fourth-order valence-corrected chi connectivity index (χ4v) is 2.62. The van der Waals surface area contributed by atoms with Gasteiger partial charge in [-0.15, -0.1) is 6.42 Å². The van der Waals surface area contributed by atoms with Gasteiger partial charge in [-0.1, -0.05) is 57.9 Å². The van der Waals surface area contributed by atoms with Crippen LogP contribution in [0.4, 0.5) is 0 Å². The van der Waals surface area contributed by atoms with Crippen molar-refractivity contribution >= 4 is 0 Å². The van der Waals surface area contributed by atoms with Crippen LogP contribution in [-0.4, -0.2) is 15.9 Å². The third-order valence-corrected chi connectivity index (χ3v) is 3.81. The third-order valence-electron chi connectivity index (χ3n) is 3.81. The zero-order chi connectivity index (χ0) is 19.9. The fourth-order valence-electron chi connectivity index (χ4n) is 2.62. The Morgan fingerprint density at radius 1 is 1.21 bits per heavy atom. The van der Waals surface area contributed by atoms with E-state index in [0.717, 1.165) is 16.8 Å². The van der Waals surface area contributed by atoms with Gasteiger partial charge in [0.05, 0.1) is 5.56 Å². The molecule has 0 spiro atoms. The molecular formula is C23H33N2O2Y-. The minimum Gasteiger partial charge on any atom is -0.475 e. The summed E-state index contributed by atoms with van der Waals surface area (Å²) in [5, 5.41) is 4.43. The van der Waals surface area contributed by atoms with E-state index in [9.17, 15) is 4.79 Å². The van der Waals surface area contributed by atoms with E-state index in [2.05, 4.69) is 24.9 Å². The van der Waals surface area contributed by atoms with E-state index < -0.39 is 6.10 Å². The molecule has 0 aliphatic heterocycles. The fraction of sp³-hybridized carbons (Fsp3) is 0.435. The maximum atomic E-state index is 12.8. The summed E-state index contributed by atoms with van der Waals surface area (Å²) in [4.78, 5) is 12.8. The summed E-state index contributed by atoms with van der Waals surface area (Å²) in [7, 11) is 1.67. The molecule has 1 aromatic heterocycles. The molecule has 0 amide bonds. The first-order valence-corrected chi connectivity index (χ1v) is 9.14. The first-order chi connectivity index (χ1) is 12.3. The largest absolute Gasteiger partial charge is 0.475 e. The molecule has 4 nitrogen and oxygen atoms in total. The average Bonchev–Trinajstić information content (AvgIpc) is 2.61. The van der Waals surface area contributed by atoms with Crippen LogP contribution in [0.3, 0.4) is 0 Å². The van der Waals surface area contributed by atoms with Crippen molar-refractivity contribution in [2.45, 2.75) is 54.1 Å². The van der Waals surface area contributed by atoms with Crippen LogP contribution in [0.5, 0.6) is 5.75 Å². The van der Waals surface area contributed by atoms with Gasteiger partial charge in [0.25, 0.3) is 5.56 Å². The SMILES string of the molecule is C#CC(C)Oc1c(CC(C)C)nn(C)c(=O)c1-c1ccccc1C.CC.[CH3-].[Y]. The molecule has 0 saturated carbocycles. The quantitative estimate of drug-likeness (QED) is 0.476. The van der Waals surface area contributed by atoms with Crippen molar-refractivity contribution in [2.24, 2.45) is 13.0 Å². The van der Waals surface area contributed by atoms with E-state index in [4.69, 9.17) is 11.2 Å². The number of benzene rings is 1. The molecule has 0 saturated heterocycles. The monoisotopic (exact) mass is 458 g/mol. The van der Waals surface area contributed by atoms with Gasteiger partial charge in [0.15, 0.2) is 11.9 Å². The second kappa shape index (κ2) is 13.7. The Labute approximate surface area is 196 Å². The number of rotatable bonds is 5. The summed E-state index contributed by atoms with van der Waals surface area (Å²) in [5.41, 5.74) is 2.96. The molecule has 1 heterocycles. The summed E-state index contributed by atoms with van der Waals surface area (Å²) in [5.74, 6) is 3.45. The summed E-state index contributed by atoms with van der Waals surface area (Å²) < 4.78 is 7.34. The van der Waals surface area contributed by atoms with Crippen molar-refractivity contribution in [3.05, 3.63) is 53.3 Å². The van der Waals surface area contributed by atoms with Crippen LogP contribution in [0.1, 0.15) is 45.9 Å². The van der Waals surface area contributed by atoms with Gasteiger partial charge in [-0.25, -0.2) is 4.68 Å². The Balaban J connectivity index is 0. The van der Waals surface area contributed by atoms with Gasteiger partial charge in [0.2, 0.25) is 0 Å². The minimum atomic E-state index is -0.437. The molecule has 2 aromatic rings. The minimum absolute atomic E-state index is 0. The first kappa shape index (κ1) is 28.8. The number of nitrogens with zero attached hydrogens (tertiary/aromatic N) is 2. The van der Waals surface area contributed by atoms with Crippen molar-refractivity contribution < 1.29 is 37.4 Å². The molecule has 1 aromatic carbocycles. The Kier molecular flexibility index (Phi) is 14.1. The predicted molar refractivity (Wildman–Crippen MR) is 115 cm³/mol. The average molecular weight is 458 g/mol. The number of ether oxygens (including phenoxy) is 1. The van der Waals surface area contributed by atoms with E-state index >= 15 is 0 Å². The summed E-state index contributed by atoms with van der Waals surface area (Å²) >= 11 is 0. The molecule has 2 rings (SSSR count). The summed E-state index contributed by atoms with van der Waals surface area (Å²) in [6.07, 6.45) is 5.75. The molecule has 0 aliphatic carbocycles. The Morgan fingerprint density at radius 2 is 1.79 bits per heavy atom. The number of aryl methyl sites for hydroxylation is 2. The van der Waals surface area contributed by atoms with Crippen LogP contribution < -0.4 is 10.3 Å². The van der Waals surface area contributed by atoms with E-state index in [1.54, 1.807) is 14.0 Å². The number of terminal acetylenes is 1. The number of hydrogen-bond acceptors (Lipinski definition) is 3. The maximum absolute atomic E-state index is 12.8. The standard InChI is InChI=1S/C20H24N2O2.C2H6.CH3.Y/c1-7-15(5)24-19-17(12-13(2)3)21-22(6)20(23)18(19)16-11-9-8-10-14(16)4;1-2;;/h1,8-11,13,15H,12H2,2-6H3;1-2H3;1H3;/q;;-1;. The van der Waals surface area contributed by atoms with Crippen LogP contribution in [0.15, 0.2) is 29.1 Å². The first-order valence-electron chi connectivity index (χ1n) is 9.14. The molecule has 151 valence electrons. The Morgan fingerprint density at radius 3 is 2.29 bits per heavy atom. The zero-order valence-corrected chi connectivity index (χ0v) is 21.4. The molecule has 1 atom stereocenters. The van der Waals surface area contributed by atoms with E-state index in [1.165, 1.54) is 4.68 Å². The van der Waals surface area contributed by atoms with Crippen molar-refractivity contribution in [3.8, 4) is 29.2 Å². The number of aromatic nitrogens is 2. The molecule has 1 radical (unpaired) electrons. The van der Waals surface area contributed by atoms with Crippen LogP contribution in [0.25, 0.3) is 11.1 Å². The van der Waals surface area contributed by atoms with Gasteiger partial charge in [0, 0.05) is 39.8 Å². The van der Waals surface area contributed by atoms with Crippen LogP contribution in [0, 0.1) is 32.6 Å². The molecule has 1 unspecified atom stereocenters. The molecule has 28 heavy (non-hydrogen) atoms. The van der Waals surface area contributed by atoms with E-state index in [1.807, 2.05) is 45.0 Å². The van der Waals surface area contributed by atoms with Gasteiger partial charge >= 0.3 is 0 Å². The second-order valence-electron chi connectivity index (χ2n) is 6.42. The van der Waals surface area contributed by atoms with Crippen molar-refractivity contribution in [3.63, 3.8) is 0 Å². The normalized spacial score (nSPS) is 10.5. The Hall–Kier alpha value is -1.44. The van der Waals surface area contributed by atoms with E-state index in [-0.39, 0.29) is 45.7 Å². The topological polar surface area (TPSA) is 44.1 Å². The van der Waals surface area contributed by atoms with Crippen molar-refractivity contribution in [1.82, 2.24) is 9.78 Å².